The predicted molar refractivity (Wildman–Crippen MR) is 55.2 cm³/mol. The van der Waals surface area contributed by atoms with Gasteiger partial charge in [0.15, 0.2) is 11.6 Å². The number of phenols is 1. The van der Waals surface area contributed by atoms with Gasteiger partial charge in [-0.3, -0.25) is 0 Å². The number of carbonyl (C=O) groups is 1. The average molecular weight is 272 g/mol. The van der Waals surface area contributed by atoms with E-state index in [0.717, 1.165) is 6.07 Å². The SMILES string of the molecule is Cl.N[C@@H](c1cc(C(=O)O)cc(F)c1O)C(F)F. The minimum absolute atomic E-state index is 0. The Hall–Kier alpha value is -1.47. The quantitative estimate of drug-likeness (QED) is 0.784. The van der Waals surface area contributed by atoms with Crippen LogP contribution in [0.3, 0.4) is 0 Å². The van der Waals surface area contributed by atoms with Crippen LogP contribution in [0.4, 0.5) is 13.2 Å². The minimum Gasteiger partial charge on any atom is -0.505 e. The molecule has 0 aliphatic heterocycles. The fourth-order valence-corrected chi connectivity index (χ4v) is 1.13. The molecule has 0 aliphatic carbocycles. The number of aromatic carboxylic acids is 1. The van der Waals surface area contributed by atoms with E-state index in [1.54, 1.807) is 0 Å². The first kappa shape index (κ1) is 15.5. The van der Waals surface area contributed by atoms with Crippen LogP contribution in [-0.2, 0) is 0 Å². The van der Waals surface area contributed by atoms with Gasteiger partial charge in [-0.05, 0) is 12.1 Å². The first-order valence-corrected chi connectivity index (χ1v) is 4.14. The van der Waals surface area contributed by atoms with Gasteiger partial charge in [-0.15, -0.1) is 12.4 Å². The number of halogens is 4. The van der Waals surface area contributed by atoms with Crippen LogP contribution in [0, 0.1) is 5.82 Å². The van der Waals surface area contributed by atoms with Gasteiger partial charge in [-0.2, -0.15) is 0 Å². The summed E-state index contributed by atoms with van der Waals surface area (Å²) in [5.74, 6) is -3.86. The van der Waals surface area contributed by atoms with Gasteiger partial charge in [0.05, 0.1) is 11.6 Å². The third-order valence-corrected chi connectivity index (χ3v) is 1.97. The van der Waals surface area contributed by atoms with E-state index in [-0.39, 0.29) is 12.4 Å². The Morgan fingerprint density at radius 1 is 1.35 bits per heavy atom. The van der Waals surface area contributed by atoms with Crippen molar-refractivity contribution in [1.29, 1.82) is 0 Å². The number of alkyl halides is 2. The summed E-state index contributed by atoms with van der Waals surface area (Å²) in [6, 6.07) is -0.689. The average Bonchev–Trinajstić information content (AvgIpc) is 2.20. The van der Waals surface area contributed by atoms with Gasteiger partial charge in [-0.25, -0.2) is 18.0 Å². The molecule has 1 aromatic rings. The number of hydrogen-bond acceptors (Lipinski definition) is 3. The molecular weight excluding hydrogens is 263 g/mol. The van der Waals surface area contributed by atoms with Crippen molar-refractivity contribution in [2.24, 2.45) is 5.73 Å². The van der Waals surface area contributed by atoms with Crippen LogP contribution < -0.4 is 5.73 Å². The van der Waals surface area contributed by atoms with E-state index in [9.17, 15) is 18.0 Å². The molecule has 0 saturated carbocycles. The van der Waals surface area contributed by atoms with Crippen molar-refractivity contribution in [1.82, 2.24) is 0 Å². The zero-order chi connectivity index (χ0) is 12.5. The van der Waals surface area contributed by atoms with Gasteiger partial charge < -0.3 is 15.9 Å². The summed E-state index contributed by atoms with van der Waals surface area (Å²) in [7, 11) is 0. The van der Waals surface area contributed by atoms with Gasteiger partial charge in [0.25, 0.3) is 6.43 Å². The van der Waals surface area contributed by atoms with Crippen LogP contribution >= 0.6 is 12.4 Å². The van der Waals surface area contributed by atoms with Crippen LogP contribution in [-0.4, -0.2) is 22.6 Å². The number of phenolic OH excluding ortho intramolecular Hbond substituents is 1. The lowest BCUT2D eigenvalue weighted by Gasteiger charge is -2.13. The molecule has 1 aromatic carbocycles. The lowest BCUT2D eigenvalue weighted by atomic mass is 10.0. The van der Waals surface area contributed by atoms with Crippen molar-refractivity contribution in [2.75, 3.05) is 0 Å². The number of aromatic hydroxyl groups is 1. The summed E-state index contributed by atoms with van der Waals surface area (Å²) in [5, 5.41) is 17.7. The highest BCUT2D eigenvalue weighted by Crippen LogP contribution is 2.30. The Labute approximate surface area is 100 Å². The molecule has 0 spiro atoms. The number of carboxylic acids is 1. The van der Waals surface area contributed by atoms with Crippen molar-refractivity contribution in [3.05, 3.63) is 29.1 Å². The van der Waals surface area contributed by atoms with Crippen LogP contribution in [0.25, 0.3) is 0 Å². The highest BCUT2D eigenvalue weighted by molar-refractivity contribution is 5.88. The van der Waals surface area contributed by atoms with Crippen LogP contribution in [0.5, 0.6) is 5.75 Å². The zero-order valence-corrected chi connectivity index (χ0v) is 9.05. The molecule has 0 bridgehead atoms. The molecule has 0 heterocycles. The molecule has 17 heavy (non-hydrogen) atoms. The second-order valence-electron chi connectivity index (χ2n) is 3.06. The maximum atomic E-state index is 13.0. The number of benzene rings is 1. The third kappa shape index (κ3) is 3.24. The lowest BCUT2D eigenvalue weighted by molar-refractivity contribution is 0.0695. The molecule has 0 unspecified atom stereocenters. The summed E-state index contributed by atoms with van der Waals surface area (Å²) in [6.07, 6.45) is -3.03. The van der Waals surface area contributed by atoms with Crippen LogP contribution in [0.1, 0.15) is 22.0 Å². The molecule has 96 valence electrons. The summed E-state index contributed by atoms with van der Waals surface area (Å²) < 4.78 is 37.5. The molecule has 0 aliphatic rings. The maximum Gasteiger partial charge on any atom is 0.335 e. The minimum atomic E-state index is -3.03. The second kappa shape index (κ2) is 5.74. The molecule has 4 nitrogen and oxygen atoms in total. The lowest BCUT2D eigenvalue weighted by Crippen LogP contribution is -2.20. The first-order valence-electron chi connectivity index (χ1n) is 4.14. The Morgan fingerprint density at radius 2 is 1.88 bits per heavy atom. The fourth-order valence-electron chi connectivity index (χ4n) is 1.13. The van der Waals surface area contributed by atoms with Crippen molar-refractivity contribution >= 4 is 18.4 Å². The molecule has 1 rings (SSSR count). The van der Waals surface area contributed by atoms with E-state index in [1.165, 1.54) is 0 Å². The van der Waals surface area contributed by atoms with Crippen LogP contribution in [0.2, 0.25) is 0 Å². The smallest absolute Gasteiger partial charge is 0.335 e. The Morgan fingerprint density at radius 3 is 2.29 bits per heavy atom. The molecule has 8 heteroatoms. The summed E-state index contributed by atoms with van der Waals surface area (Å²) >= 11 is 0. The molecule has 4 N–H and O–H groups in total. The topological polar surface area (TPSA) is 83.6 Å². The highest BCUT2D eigenvalue weighted by atomic mass is 35.5. The number of hydrogen-bond donors (Lipinski definition) is 3. The van der Waals surface area contributed by atoms with Gasteiger partial charge in [0, 0.05) is 5.56 Å². The molecule has 0 fully saturated rings. The van der Waals surface area contributed by atoms with Crippen molar-refractivity contribution in [2.45, 2.75) is 12.5 Å². The Balaban J connectivity index is 0.00000256. The van der Waals surface area contributed by atoms with Crippen LogP contribution in [0.15, 0.2) is 12.1 Å². The standard InChI is InChI=1S/C9H8F3NO3.ClH/c10-5-2-3(9(15)16)1-4(7(5)14)6(13)8(11)12;/h1-2,6,8,14H,13H2,(H,15,16);1H/t6-;/m0./s1. The van der Waals surface area contributed by atoms with Crippen molar-refractivity contribution in [3.63, 3.8) is 0 Å². The normalized spacial score (nSPS) is 12.1. The van der Waals surface area contributed by atoms with Crippen molar-refractivity contribution < 1.29 is 28.2 Å². The highest BCUT2D eigenvalue weighted by Gasteiger charge is 2.24. The predicted octanol–water partition coefficient (Wildman–Crippen LogP) is 1.92. The zero-order valence-electron chi connectivity index (χ0n) is 8.23. The molecular formula is C9H9ClF3NO3. The Kier molecular flexibility index (Phi) is 5.24. The van der Waals surface area contributed by atoms with E-state index < -0.39 is 41.1 Å². The van der Waals surface area contributed by atoms with E-state index in [2.05, 4.69) is 0 Å². The van der Waals surface area contributed by atoms with Gasteiger partial charge in [-0.1, -0.05) is 0 Å². The Bertz CT molecular complexity index is 428. The largest absolute Gasteiger partial charge is 0.505 e. The summed E-state index contributed by atoms with van der Waals surface area (Å²) in [5.41, 5.74) is 3.82. The monoisotopic (exact) mass is 271 g/mol. The number of carboxylic acid groups (broad SMARTS) is 1. The number of rotatable bonds is 3. The van der Waals surface area contributed by atoms with Gasteiger partial charge >= 0.3 is 5.97 Å². The van der Waals surface area contributed by atoms with Crippen molar-refractivity contribution in [3.8, 4) is 5.75 Å². The number of nitrogens with two attached hydrogens (primary N) is 1. The molecule has 0 saturated heterocycles. The summed E-state index contributed by atoms with van der Waals surface area (Å²) in [6.45, 7) is 0. The van der Waals surface area contributed by atoms with Gasteiger partial charge in [0.1, 0.15) is 0 Å². The summed E-state index contributed by atoms with van der Waals surface area (Å²) in [4.78, 5) is 10.5. The first-order chi connectivity index (χ1) is 7.34. The van der Waals surface area contributed by atoms with E-state index in [4.69, 9.17) is 15.9 Å². The maximum absolute atomic E-state index is 13.0. The molecule has 0 aromatic heterocycles. The second-order valence-corrected chi connectivity index (χ2v) is 3.06. The van der Waals surface area contributed by atoms with E-state index in [0.29, 0.717) is 6.07 Å². The molecule has 1 atom stereocenters. The van der Waals surface area contributed by atoms with E-state index in [1.807, 2.05) is 0 Å². The molecule has 0 amide bonds. The van der Waals surface area contributed by atoms with Gasteiger partial charge in [0.2, 0.25) is 0 Å². The van der Waals surface area contributed by atoms with E-state index >= 15 is 0 Å². The molecule has 0 radical (unpaired) electrons. The fraction of sp³-hybridized carbons (Fsp3) is 0.222. The third-order valence-electron chi connectivity index (χ3n) is 1.97.